The molecule has 1 aromatic carbocycles. The van der Waals surface area contributed by atoms with Gasteiger partial charge in [-0.05, 0) is 61.4 Å². The van der Waals surface area contributed by atoms with E-state index in [-0.39, 0.29) is 5.92 Å². The van der Waals surface area contributed by atoms with Crippen molar-refractivity contribution < 1.29 is 13.2 Å². The van der Waals surface area contributed by atoms with Crippen molar-refractivity contribution in [3.8, 4) is 0 Å². The number of methoxy groups -OCH3 is 1. The lowest BCUT2D eigenvalue weighted by Crippen LogP contribution is -2.29. The van der Waals surface area contributed by atoms with Gasteiger partial charge in [0.25, 0.3) is 0 Å². The zero-order valence-corrected chi connectivity index (χ0v) is 18.6. The predicted octanol–water partition coefficient (Wildman–Crippen LogP) is 3.13. The quantitative estimate of drug-likeness (QED) is 0.589. The summed E-state index contributed by atoms with van der Waals surface area (Å²) in [4.78, 5) is 9.51. The fourth-order valence-corrected chi connectivity index (χ4v) is 6.45. The summed E-state index contributed by atoms with van der Waals surface area (Å²) in [6, 6.07) is 7.59. The van der Waals surface area contributed by atoms with E-state index in [0.717, 1.165) is 42.5 Å². The van der Waals surface area contributed by atoms with Crippen LogP contribution in [0.25, 0.3) is 11.0 Å². The van der Waals surface area contributed by atoms with Crippen molar-refractivity contribution in [3.05, 3.63) is 53.6 Å². The molecule has 0 amide bonds. The Morgan fingerprint density at radius 1 is 1.16 bits per heavy atom. The molecule has 1 saturated heterocycles. The topological polar surface area (TPSA) is 77.3 Å². The molecular weight excluding hydrogens is 412 g/mol. The molecule has 1 aliphatic heterocycles. The largest absolute Gasteiger partial charge is 0.383 e. The maximum Gasteiger partial charge on any atom is 0.243 e. The van der Waals surface area contributed by atoms with Crippen LogP contribution in [0, 0.1) is 0 Å². The average molecular weight is 441 g/mol. The Hall–Kier alpha value is -2.29. The molecule has 1 aliphatic carbocycles. The van der Waals surface area contributed by atoms with Crippen molar-refractivity contribution in [1.29, 1.82) is 0 Å². The Kier molecular flexibility index (Phi) is 5.54. The summed E-state index contributed by atoms with van der Waals surface area (Å²) in [5.74, 6) is 0.972. The molecule has 1 atom stereocenters. The van der Waals surface area contributed by atoms with Crippen molar-refractivity contribution in [2.45, 2.75) is 49.5 Å². The summed E-state index contributed by atoms with van der Waals surface area (Å²) in [6.45, 7) is 2.19. The summed E-state index contributed by atoms with van der Waals surface area (Å²) in [7, 11) is -1.83. The SMILES string of the molecule is COCCn1c([C@H]2CCN(S(=O)(=O)c3ccc4c(c3)CCCC4)C2)nc2ccncc21. The van der Waals surface area contributed by atoms with Crippen LogP contribution in [-0.2, 0) is 34.1 Å². The van der Waals surface area contributed by atoms with E-state index in [9.17, 15) is 8.42 Å². The monoisotopic (exact) mass is 440 g/mol. The van der Waals surface area contributed by atoms with Crippen molar-refractivity contribution in [2.24, 2.45) is 0 Å². The van der Waals surface area contributed by atoms with E-state index in [4.69, 9.17) is 9.72 Å². The molecule has 8 heteroatoms. The summed E-state index contributed by atoms with van der Waals surface area (Å²) >= 11 is 0. The third-order valence-corrected chi connectivity index (χ3v) is 8.43. The second-order valence-electron chi connectivity index (χ2n) is 8.47. The summed E-state index contributed by atoms with van der Waals surface area (Å²) in [5.41, 5.74) is 4.34. The van der Waals surface area contributed by atoms with E-state index >= 15 is 0 Å². The second-order valence-corrected chi connectivity index (χ2v) is 10.4. The zero-order valence-electron chi connectivity index (χ0n) is 17.8. The minimum atomic E-state index is -3.51. The van der Waals surface area contributed by atoms with E-state index in [1.807, 2.05) is 24.4 Å². The maximum absolute atomic E-state index is 13.4. The molecule has 0 spiro atoms. The number of imidazole rings is 1. The predicted molar refractivity (Wildman–Crippen MR) is 119 cm³/mol. The Balaban J connectivity index is 1.42. The number of sulfonamides is 1. The van der Waals surface area contributed by atoms with Crippen molar-refractivity contribution >= 4 is 21.1 Å². The van der Waals surface area contributed by atoms with Crippen molar-refractivity contribution in [2.75, 3.05) is 26.8 Å². The number of hydrogen-bond acceptors (Lipinski definition) is 5. The Bertz CT molecular complexity index is 1200. The minimum Gasteiger partial charge on any atom is -0.383 e. The lowest BCUT2D eigenvalue weighted by molar-refractivity contribution is 0.187. The van der Waals surface area contributed by atoms with Gasteiger partial charge >= 0.3 is 0 Å². The number of aryl methyl sites for hydroxylation is 2. The van der Waals surface area contributed by atoms with Gasteiger partial charge in [0.2, 0.25) is 10.0 Å². The van der Waals surface area contributed by atoms with Crippen LogP contribution < -0.4 is 0 Å². The van der Waals surface area contributed by atoms with Crippen LogP contribution in [0.3, 0.4) is 0 Å². The van der Waals surface area contributed by atoms with E-state index in [0.29, 0.717) is 31.1 Å². The van der Waals surface area contributed by atoms with Gasteiger partial charge in [0.1, 0.15) is 5.82 Å². The van der Waals surface area contributed by atoms with Crippen LogP contribution in [0.15, 0.2) is 41.6 Å². The first-order valence-electron chi connectivity index (χ1n) is 11.0. The molecule has 0 bridgehead atoms. The average Bonchev–Trinajstić information content (AvgIpc) is 3.43. The highest BCUT2D eigenvalue weighted by atomic mass is 32.2. The standard InChI is InChI=1S/C23H28N4O3S/c1-30-13-12-27-22-15-24-10-8-21(22)25-23(27)19-9-11-26(16-19)31(28,29)20-7-6-17-4-2-3-5-18(17)14-20/h6-8,10,14-15,19H,2-5,9,11-13,16H2,1H3/t19-/m0/s1. The molecule has 2 aromatic heterocycles. The highest BCUT2D eigenvalue weighted by molar-refractivity contribution is 7.89. The maximum atomic E-state index is 13.4. The van der Waals surface area contributed by atoms with Crippen molar-refractivity contribution in [1.82, 2.24) is 18.8 Å². The molecule has 31 heavy (non-hydrogen) atoms. The summed E-state index contributed by atoms with van der Waals surface area (Å²) in [5, 5.41) is 0. The first-order chi connectivity index (χ1) is 15.1. The third-order valence-electron chi connectivity index (χ3n) is 6.57. The van der Waals surface area contributed by atoms with Crippen LogP contribution in [0.1, 0.15) is 42.1 Å². The lowest BCUT2D eigenvalue weighted by Gasteiger charge is -2.20. The molecule has 3 aromatic rings. The number of rotatable bonds is 6. The molecule has 164 valence electrons. The fraction of sp³-hybridized carbons (Fsp3) is 0.478. The molecule has 1 fully saturated rings. The van der Waals surface area contributed by atoms with Gasteiger partial charge in [0.05, 0.1) is 28.7 Å². The third kappa shape index (κ3) is 3.77. The summed E-state index contributed by atoms with van der Waals surface area (Å²) < 4.78 is 35.8. The molecule has 0 N–H and O–H groups in total. The molecular formula is C23H28N4O3S. The van der Waals surface area contributed by atoms with E-state index in [2.05, 4.69) is 9.55 Å². The number of pyridine rings is 1. The van der Waals surface area contributed by atoms with Gasteiger partial charge in [-0.3, -0.25) is 4.98 Å². The number of benzene rings is 1. The number of fused-ring (bicyclic) bond motifs is 2. The Labute approximate surface area is 183 Å². The number of hydrogen-bond donors (Lipinski definition) is 0. The van der Waals surface area contributed by atoms with Crippen LogP contribution in [0.2, 0.25) is 0 Å². The molecule has 0 saturated carbocycles. The van der Waals surface area contributed by atoms with E-state index in [1.54, 1.807) is 23.7 Å². The van der Waals surface area contributed by atoms with Crippen LogP contribution in [0.4, 0.5) is 0 Å². The van der Waals surface area contributed by atoms with E-state index in [1.165, 1.54) is 17.5 Å². The number of nitrogens with zero attached hydrogens (tertiary/aromatic N) is 4. The fourth-order valence-electron chi connectivity index (χ4n) is 4.89. The van der Waals surface area contributed by atoms with Gasteiger partial charge in [-0.1, -0.05) is 6.07 Å². The minimum absolute atomic E-state index is 0.0525. The smallest absolute Gasteiger partial charge is 0.243 e. The first kappa shape index (κ1) is 20.6. The molecule has 2 aliphatic rings. The lowest BCUT2D eigenvalue weighted by atomic mass is 9.92. The first-order valence-corrected chi connectivity index (χ1v) is 12.4. The molecule has 3 heterocycles. The van der Waals surface area contributed by atoms with E-state index < -0.39 is 10.0 Å². The number of ether oxygens (including phenoxy) is 1. The second kappa shape index (κ2) is 8.33. The molecule has 0 unspecified atom stereocenters. The van der Waals surface area contributed by atoms with Crippen LogP contribution in [0.5, 0.6) is 0 Å². The highest BCUT2D eigenvalue weighted by Crippen LogP contribution is 2.33. The zero-order chi connectivity index (χ0) is 21.4. The van der Waals surface area contributed by atoms with Gasteiger partial charge in [0.15, 0.2) is 0 Å². The van der Waals surface area contributed by atoms with Crippen LogP contribution >= 0.6 is 0 Å². The van der Waals surface area contributed by atoms with Gasteiger partial charge in [0, 0.05) is 38.9 Å². The van der Waals surface area contributed by atoms with Gasteiger partial charge < -0.3 is 9.30 Å². The summed E-state index contributed by atoms with van der Waals surface area (Å²) in [6.07, 6.45) is 8.65. The van der Waals surface area contributed by atoms with Gasteiger partial charge in [-0.25, -0.2) is 13.4 Å². The molecule has 7 nitrogen and oxygen atoms in total. The highest BCUT2D eigenvalue weighted by Gasteiger charge is 2.36. The van der Waals surface area contributed by atoms with Crippen molar-refractivity contribution in [3.63, 3.8) is 0 Å². The van der Waals surface area contributed by atoms with Gasteiger partial charge in [-0.2, -0.15) is 4.31 Å². The number of aromatic nitrogens is 3. The van der Waals surface area contributed by atoms with Gasteiger partial charge in [-0.15, -0.1) is 0 Å². The normalized spacial score (nSPS) is 19.7. The molecule has 0 radical (unpaired) electrons. The molecule has 5 rings (SSSR count). The van der Waals surface area contributed by atoms with Crippen LogP contribution in [-0.4, -0.2) is 54.1 Å². The Morgan fingerprint density at radius 3 is 2.84 bits per heavy atom. The Morgan fingerprint density at radius 2 is 2.00 bits per heavy atom.